The Hall–Kier alpha value is 0.270. The maximum Gasteiger partial charge on any atom is 0.00720 e. The van der Waals surface area contributed by atoms with Gasteiger partial charge in [0.15, 0.2) is 0 Å². The third-order valence-electron chi connectivity index (χ3n) is 2.63. The van der Waals surface area contributed by atoms with Crippen LogP contribution in [0.25, 0.3) is 0 Å². The van der Waals surface area contributed by atoms with Gasteiger partial charge in [0.1, 0.15) is 0 Å². The Morgan fingerprint density at radius 2 is 2.14 bits per heavy atom. The number of hydrogen-bond acceptors (Lipinski definition) is 3. The smallest absolute Gasteiger partial charge is 0.00720 e. The van der Waals surface area contributed by atoms with Crippen LogP contribution >= 0.6 is 11.8 Å². The lowest BCUT2D eigenvalue weighted by atomic mass is 10.1. The van der Waals surface area contributed by atoms with E-state index in [0.717, 1.165) is 19.1 Å². The van der Waals surface area contributed by atoms with E-state index in [1.165, 1.54) is 25.1 Å². The van der Waals surface area contributed by atoms with Gasteiger partial charge in [-0.2, -0.15) is 11.8 Å². The summed E-state index contributed by atoms with van der Waals surface area (Å²) in [5, 5.41) is 3.36. The molecule has 86 valence electrons. The molecule has 2 nitrogen and oxygen atoms in total. The van der Waals surface area contributed by atoms with E-state index in [-0.39, 0.29) is 0 Å². The normalized spacial score (nSPS) is 13.5. The summed E-state index contributed by atoms with van der Waals surface area (Å²) >= 11 is 1.93. The molecular weight excluding hydrogens is 192 g/mol. The molecule has 1 unspecified atom stereocenters. The van der Waals surface area contributed by atoms with Crippen molar-refractivity contribution < 1.29 is 0 Å². The van der Waals surface area contributed by atoms with Crippen LogP contribution in [0.2, 0.25) is 0 Å². The van der Waals surface area contributed by atoms with E-state index in [1.54, 1.807) is 0 Å². The van der Waals surface area contributed by atoms with Gasteiger partial charge in [-0.15, -0.1) is 0 Å². The van der Waals surface area contributed by atoms with E-state index in [2.05, 4.69) is 37.4 Å². The predicted molar refractivity (Wildman–Crippen MR) is 68.3 cm³/mol. The van der Waals surface area contributed by atoms with E-state index in [4.69, 9.17) is 0 Å². The molecule has 1 atom stereocenters. The lowest BCUT2D eigenvalue weighted by molar-refractivity contribution is 0.256. The van der Waals surface area contributed by atoms with Gasteiger partial charge in [0.25, 0.3) is 0 Å². The Morgan fingerprint density at radius 1 is 1.43 bits per heavy atom. The third-order valence-corrected chi connectivity index (χ3v) is 3.22. The minimum atomic E-state index is 0.723. The van der Waals surface area contributed by atoms with Crippen molar-refractivity contribution in [2.75, 3.05) is 38.7 Å². The summed E-state index contributed by atoms with van der Waals surface area (Å²) in [6.45, 7) is 7.96. The zero-order valence-electron chi connectivity index (χ0n) is 10.2. The van der Waals surface area contributed by atoms with Crippen LogP contribution in [0.15, 0.2) is 0 Å². The molecule has 0 heterocycles. The molecule has 0 bridgehead atoms. The molecule has 0 aliphatic carbocycles. The number of nitrogens with zero attached hydrogens (tertiary/aromatic N) is 1. The zero-order chi connectivity index (χ0) is 10.8. The van der Waals surface area contributed by atoms with Gasteiger partial charge in [0, 0.05) is 18.3 Å². The zero-order valence-corrected chi connectivity index (χ0v) is 11.0. The minimum Gasteiger partial charge on any atom is -0.317 e. The fourth-order valence-corrected chi connectivity index (χ4v) is 1.85. The average Bonchev–Trinajstić information content (AvgIpc) is 2.20. The van der Waals surface area contributed by atoms with Crippen molar-refractivity contribution in [3.8, 4) is 0 Å². The lowest BCUT2D eigenvalue weighted by Crippen LogP contribution is -2.31. The molecule has 14 heavy (non-hydrogen) atoms. The second-order valence-electron chi connectivity index (χ2n) is 3.82. The van der Waals surface area contributed by atoms with Crippen LogP contribution in [0, 0.1) is 0 Å². The van der Waals surface area contributed by atoms with Crippen molar-refractivity contribution in [1.29, 1.82) is 0 Å². The molecule has 0 saturated heterocycles. The highest BCUT2D eigenvalue weighted by molar-refractivity contribution is 7.98. The van der Waals surface area contributed by atoms with Gasteiger partial charge in [-0.3, -0.25) is 0 Å². The molecule has 0 saturated carbocycles. The van der Waals surface area contributed by atoms with Gasteiger partial charge in [-0.05, 0) is 46.2 Å². The predicted octanol–water partition coefficient (Wildman–Crippen LogP) is 2.06. The SMILES string of the molecule is CCNCCCC(C)N(C)CCSC. The van der Waals surface area contributed by atoms with Gasteiger partial charge in [-0.1, -0.05) is 6.92 Å². The molecule has 0 amide bonds. The van der Waals surface area contributed by atoms with Crippen LogP contribution in [-0.2, 0) is 0 Å². The first-order valence-electron chi connectivity index (χ1n) is 5.62. The van der Waals surface area contributed by atoms with E-state index < -0.39 is 0 Å². The Bertz CT molecular complexity index is 120. The molecule has 0 aromatic heterocycles. The van der Waals surface area contributed by atoms with Crippen LogP contribution in [0.5, 0.6) is 0 Å². The Labute approximate surface area is 93.8 Å². The third kappa shape index (κ3) is 7.65. The Balaban J connectivity index is 3.36. The molecule has 0 aliphatic rings. The van der Waals surface area contributed by atoms with Crippen molar-refractivity contribution in [3.63, 3.8) is 0 Å². The summed E-state index contributed by atoms with van der Waals surface area (Å²) in [6.07, 6.45) is 4.76. The molecule has 0 spiro atoms. The highest BCUT2D eigenvalue weighted by Gasteiger charge is 2.07. The van der Waals surface area contributed by atoms with Crippen LogP contribution in [0.1, 0.15) is 26.7 Å². The fourth-order valence-electron chi connectivity index (χ4n) is 1.38. The average molecular weight is 218 g/mol. The number of thioether (sulfide) groups is 1. The monoisotopic (exact) mass is 218 g/mol. The largest absolute Gasteiger partial charge is 0.317 e. The maximum absolute atomic E-state index is 3.36. The molecule has 0 rings (SSSR count). The molecule has 0 fully saturated rings. The first-order chi connectivity index (χ1) is 6.72. The Kier molecular flexibility index (Phi) is 10.0. The van der Waals surface area contributed by atoms with Gasteiger partial charge in [0.05, 0.1) is 0 Å². The molecule has 0 aliphatic heterocycles. The van der Waals surface area contributed by atoms with Gasteiger partial charge >= 0.3 is 0 Å². The fraction of sp³-hybridized carbons (Fsp3) is 1.00. The molecule has 1 N–H and O–H groups in total. The first-order valence-corrected chi connectivity index (χ1v) is 7.01. The molecule has 0 radical (unpaired) electrons. The van der Waals surface area contributed by atoms with Gasteiger partial charge in [0.2, 0.25) is 0 Å². The molecule has 0 aromatic rings. The topological polar surface area (TPSA) is 15.3 Å². The van der Waals surface area contributed by atoms with Crippen molar-refractivity contribution in [2.24, 2.45) is 0 Å². The number of hydrogen-bond donors (Lipinski definition) is 1. The highest BCUT2D eigenvalue weighted by atomic mass is 32.2. The summed E-state index contributed by atoms with van der Waals surface area (Å²) in [6, 6.07) is 0.723. The summed E-state index contributed by atoms with van der Waals surface area (Å²) in [5.74, 6) is 1.24. The Morgan fingerprint density at radius 3 is 2.71 bits per heavy atom. The second-order valence-corrected chi connectivity index (χ2v) is 4.80. The van der Waals surface area contributed by atoms with E-state index in [0.29, 0.717) is 0 Å². The van der Waals surface area contributed by atoms with E-state index >= 15 is 0 Å². The summed E-state index contributed by atoms with van der Waals surface area (Å²) in [5.41, 5.74) is 0. The van der Waals surface area contributed by atoms with Crippen molar-refractivity contribution >= 4 is 11.8 Å². The van der Waals surface area contributed by atoms with Gasteiger partial charge < -0.3 is 10.2 Å². The molecular formula is C11H26N2S. The van der Waals surface area contributed by atoms with Gasteiger partial charge in [-0.25, -0.2) is 0 Å². The standard InChI is InChI=1S/C11H26N2S/c1-5-12-8-6-7-11(2)13(3)9-10-14-4/h11-12H,5-10H2,1-4H3. The maximum atomic E-state index is 3.36. The number of nitrogens with one attached hydrogen (secondary N) is 1. The van der Waals surface area contributed by atoms with Crippen LogP contribution in [0.3, 0.4) is 0 Å². The second kappa shape index (κ2) is 9.81. The van der Waals surface area contributed by atoms with Crippen LogP contribution in [0.4, 0.5) is 0 Å². The van der Waals surface area contributed by atoms with Crippen molar-refractivity contribution in [3.05, 3.63) is 0 Å². The molecule has 3 heteroatoms. The first kappa shape index (κ1) is 14.3. The van der Waals surface area contributed by atoms with Crippen LogP contribution in [-0.4, -0.2) is 49.6 Å². The van der Waals surface area contributed by atoms with E-state index in [9.17, 15) is 0 Å². The van der Waals surface area contributed by atoms with Crippen molar-refractivity contribution in [1.82, 2.24) is 10.2 Å². The summed E-state index contributed by atoms with van der Waals surface area (Å²) in [4.78, 5) is 2.46. The quantitative estimate of drug-likeness (QED) is 0.596. The van der Waals surface area contributed by atoms with E-state index in [1.807, 2.05) is 11.8 Å². The summed E-state index contributed by atoms with van der Waals surface area (Å²) < 4.78 is 0. The van der Waals surface area contributed by atoms with Crippen molar-refractivity contribution in [2.45, 2.75) is 32.7 Å². The molecule has 0 aromatic carbocycles. The summed E-state index contributed by atoms with van der Waals surface area (Å²) in [7, 11) is 2.23. The number of rotatable bonds is 9. The minimum absolute atomic E-state index is 0.723. The van der Waals surface area contributed by atoms with Crippen LogP contribution < -0.4 is 5.32 Å². The highest BCUT2D eigenvalue weighted by Crippen LogP contribution is 2.04. The lowest BCUT2D eigenvalue weighted by Gasteiger charge is -2.24.